The first-order valence-corrected chi connectivity index (χ1v) is 9.12. The third-order valence-electron chi connectivity index (χ3n) is 4.90. The number of amides is 1. The Kier molecular flexibility index (Phi) is 5.58. The van der Waals surface area contributed by atoms with Gasteiger partial charge in [-0.15, -0.1) is 0 Å². The number of unbranched alkanes of at least 4 members (excludes halogenated alkanes) is 1. The van der Waals surface area contributed by atoms with Gasteiger partial charge < -0.3 is 19.5 Å². The van der Waals surface area contributed by atoms with Crippen LogP contribution in [0.15, 0.2) is 21.7 Å². The van der Waals surface area contributed by atoms with Crippen molar-refractivity contribution in [3.63, 3.8) is 0 Å². The number of hydrogen-bond acceptors (Lipinski definition) is 4. The van der Waals surface area contributed by atoms with Crippen molar-refractivity contribution in [2.75, 3.05) is 6.61 Å². The molecule has 6 nitrogen and oxygen atoms in total. The predicted octanol–water partition coefficient (Wildman–Crippen LogP) is 3.29. The zero-order valence-corrected chi connectivity index (χ0v) is 14.9. The van der Waals surface area contributed by atoms with Gasteiger partial charge in [0, 0.05) is 24.4 Å². The van der Waals surface area contributed by atoms with Crippen LogP contribution in [0.2, 0.25) is 0 Å². The van der Waals surface area contributed by atoms with Gasteiger partial charge in [-0.1, -0.05) is 13.3 Å². The van der Waals surface area contributed by atoms with Crippen molar-refractivity contribution in [1.82, 2.24) is 10.3 Å². The maximum absolute atomic E-state index is 12.6. The fraction of sp³-hybridized carbons (Fsp3) is 0.579. The highest BCUT2D eigenvalue weighted by Gasteiger charge is 2.25. The number of ether oxygens (including phenoxy) is 1. The minimum absolute atomic E-state index is 0.118. The molecule has 0 spiro atoms. The van der Waals surface area contributed by atoms with Crippen molar-refractivity contribution in [2.24, 2.45) is 0 Å². The predicted molar refractivity (Wildman–Crippen MR) is 95.9 cm³/mol. The quantitative estimate of drug-likeness (QED) is 0.786. The molecule has 1 saturated carbocycles. The smallest absolute Gasteiger partial charge is 0.259 e. The maximum Gasteiger partial charge on any atom is 0.259 e. The molecule has 0 aliphatic heterocycles. The average molecular weight is 346 g/mol. The number of H-pyrrole nitrogens is 1. The number of carbonyl (C=O) groups excluding carboxylic acids is 1. The van der Waals surface area contributed by atoms with Gasteiger partial charge in [0.05, 0.1) is 17.1 Å². The molecule has 3 rings (SSSR count). The van der Waals surface area contributed by atoms with Crippen LogP contribution in [0.5, 0.6) is 0 Å². The summed E-state index contributed by atoms with van der Waals surface area (Å²) in [5.41, 5.74) is 1.29. The molecule has 0 bridgehead atoms. The monoisotopic (exact) mass is 346 g/mol. The second-order valence-corrected chi connectivity index (χ2v) is 6.83. The van der Waals surface area contributed by atoms with Gasteiger partial charge in [-0.25, -0.2) is 0 Å². The third kappa shape index (κ3) is 3.95. The van der Waals surface area contributed by atoms with E-state index in [1.165, 1.54) is 6.26 Å². The van der Waals surface area contributed by atoms with E-state index in [4.69, 9.17) is 9.15 Å². The van der Waals surface area contributed by atoms with Gasteiger partial charge in [-0.3, -0.25) is 9.59 Å². The molecule has 1 aliphatic rings. The van der Waals surface area contributed by atoms with Crippen molar-refractivity contribution < 1.29 is 13.9 Å². The van der Waals surface area contributed by atoms with Crippen LogP contribution in [-0.2, 0) is 4.74 Å². The number of carbonyl (C=O) groups is 1. The summed E-state index contributed by atoms with van der Waals surface area (Å²) >= 11 is 0. The molecule has 25 heavy (non-hydrogen) atoms. The van der Waals surface area contributed by atoms with Crippen molar-refractivity contribution in [2.45, 2.75) is 64.5 Å². The molecule has 0 aromatic carbocycles. The van der Waals surface area contributed by atoms with Gasteiger partial charge in [0.2, 0.25) is 0 Å². The van der Waals surface area contributed by atoms with E-state index in [1.54, 1.807) is 6.20 Å². The summed E-state index contributed by atoms with van der Waals surface area (Å²) < 4.78 is 11.3. The average Bonchev–Trinajstić information content (AvgIpc) is 3.06. The van der Waals surface area contributed by atoms with Crippen LogP contribution in [0.4, 0.5) is 0 Å². The second kappa shape index (κ2) is 7.87. The van der Waals surface area contributed by atoms with Crippen LogP contribution in [0, 0.1) is 6.92 Å². The summed E-state index contributed by atoms with van der Waals surface area (Å²) in [7, 11) is 0. The highest BCUT2D eigenvalue weighted by Crippen LogP contribution is 2.24. The summed E-state index contributed by atoms with van der Waals surface area (Å²) in [5, 5.41) is 3.37. The van der Waals surface area contributed by atoms with E-state index in [9.17, 15) is 9.59 Å². The van der Waals surface area contributed by atoms with Gasteiger partial charge in [0.1, 0.15) is 11.8 Å². The number of pyridine rings is 1. The van der Waals surface area contributed by atoms with E-state index in [0.717, 1.165) is 50.7 Å². The first-order valence-electron chi connectivity index (χ1n) is 9.12. The zero-order valence-electron chi connectivity index (χ0n) is 14.9. The minimum atomic E-state index is -0.299. The number of aryl methyl sites for hydroxylation is 1. The Bertz CT molecular complexity index is 784. The molecule has 1 aliphatic carbocycles. The van der Waals surface area contributed by atoms with Gasteiger partial charge in [-0.2, -0.15) is 0 Å². The van der Waals surface area contributed by atoms with Crippen molar-refractivity contribution >= 4 is 16.9 Å². The van der Waals surface area contributed by atoms with Gasteiger partial charge >= 0.3 is 0 Å². The van der Waals surface area contributed by atoms with Gasteiger partial charge in [0.15, 0.2) is 0 Å². The molecule has 1 fully saturated rings. The van der Waals surface area contributed by atoms with Crippen LogP contribution >= 0.6 is 0 Å². The lowest BCUT2D eigenvalue weighted by Gasteiger charge is -2.29. The Hall–Kier alpha value is -2.08. The van der Waals surface area contributed by atoms with Crippen LogP contribution in [-0.4, -0.2) is 29.6 Å². The number of furan rings is 1. The topological polar surface area (TPSA) is 84.3 Å². The van der Waals surface area contributed by atoms with Crippen molar-refractivity contribution in [3.8, 4) is 0 Å². The van der Waals surface area contributed by atoms with E-state index >= 15 is 0 Å². The van der Waals surface area contributed by atoms with Crippen LogP contribution < -0.4 is 10.9 Å². The first kappa shape index (κ1) is 17.7. The summed E-state index contributed by atoms with van der Waals surface area (Å²) in [4.78, 5) is 27.3. The number of aromatic amines is 1. The molecule has 2 aromatic heterocycles. The molecular weight excluding hydrogens is 320 g/mol. The van der Waals surface area contributed by atoms with Crippen LogP contribution in [0.1, 0.15) is 61.4 Å². The number of aromatic nitrogens is 1. The molecule has 0 atom stereocenters. The Morgan fingerprint density at radius 1 is 1.36 bits per heavy atom. The molecule has 2 N–H and O–H groups in total. The highest BCUT2D eigenvalue weighted by molar-refractivity contribution is 6.06. The summed E-state index contributed by atoms with van der Waals surface area (Å²) in [6.07, 6.45) is 9.22. The zero-order chi connectivity index (χ0) is 17.8. The molecule has 0 saturated heterocycles. The normalized spacial score (nSPS) is 20.7. The van der Waals surface area contributed by atoms with E-state index < -0.39 is 0 Å². The SMILES string of the molecule is CCCCOC1CCC(NC(=O)c2coc3c(C)c[nH]c(=O)c23)CC1. The third-order valence-corrected chi connectivity index (χ3v) is 4.90. The lowest BCUT2D eigenvalue weighted by atomic mass is 9.92. The van der Waals surface area contributed by atoms with E-state index in [0.29, 0.717) is 22.6 Å². The summed E-state index contributed by atoms with van der Waals surface area (Å²) in [6, 6.07) is 0.118. The molecule has 136 valence electrons. The molecular formula is C19H26N2O4. The summed E-state index contributed by atoms with van der Waals surface area (Å²) in [6.45, 7) is 4.81. The van der Waals surface area contributed by atoms with E-state index in [2.05, 4.69) is 17.2 Å². The molecule has 2 heterocycles. The lowest BCUT2D eigenvalue weighted by Crippen LogP contribution is -2.39. The molecule has 2 aromatic rings. The van der Waals surface area contributed by atoms with Gasteiger partial charge in [0.25, 0.3) is 11.5 Å². The van der Waals surface area contributed by atoms with Crippen molar-refractivity contribution in [3.05, 3.63) is 33.9 Å². The second-order valence-electron chi connectivity index (χ2n) is 6.83. The Balaban J connectivity index is 1.61. The highest BCUT2D eigenvalue weighted by atomic mass is 16.5. The fourth-order valence-electron chi connectivity index (χ4n) is 3.38. The molecule has 6 heteroatoms. The number of rotatable bonds is 6. The van der Waals surface area contributed by atoms with Crippen molar-refractivity contribution in [1.29, 1.82) is 0 Å². The Morgan fingerprint density at radius 2 is 2.12 bits per heavy atom. The number of fused-ring (bicyclic) bond motifs is 1. The largest absolute Gasteiger partial charge is 0.463 e. The molecule has 0 radical (unpaired) electrons. The molecule has 0 unspecified atom stereocenters. The number of nitrogens with one attached hydrogen (secondary N) is 2. The lowest BCUT2D eigenvalue weighted by molar-refractivity contribution is 0.0209. The van der Waals surface area contributed by atoms with Crippen LogP contribution in [0.3, 0.4) is 0 Å². The Labute approximate surface area is 146 Å². The Morgan fingerprint density at radius 3 is 2.84 bits per heavy atom. The van der Waals surface area contributed by atoms with Gasteiger partial charge in [-0.05, 0) is 39.0 Å². The minimum Gasteiger partial charge on any atom is -0.463 e. The standard InChI is InChI=1S/C19H26N2O4/c1-3-4-9-24-14-7-5-13(6-8-14)21-18(22)15-11-25-17-12(2)10-20-19(23)16(15)17/h10-11,13-14H,3-9H2,1-2H3,(H,20,23)(H,21,22). The van der Waals surface area contributed by atoms with E-state index in [1.807, 2.05) is 6.92 Å². The first-order chi connectivity index (χ1) is 12.1. The number of hydrogen-bond donors (Lipinski definition) is 2. The fourth-order valence-corrected chi connectivity index (χ4v) is 3.38. The van der Waals surface area contributed by atoms with Crippen LogP contribution in [0.25, 0.3) is 11.0 Å². The maximum atomic E-state index is 12.6. The molecule has 1 amide bonds. The van der Waals surface area contributed by atoms with E-state index in [-0.39, 0.29) is 17.5 Å². The summed E-state index contributed by atoms with van der Waals surface area (Å²) in [5.74, 6) is -0.245.